The molecular weight excluding hydrogens is 511 g/mol. The van der Waals surface area contributed by atoms with Gasteiger partial charge in [-0.15, -0.1) is 0 Å². The maximum Gasteiger partial charge on any atom is 0.343 e. The van der Waals surface area contributed by atoms with E-state index in [9.17, 15) is 18.8 Å². The highest BCUT2D eigenvalue weighted by Gasteiger charge is 2.11. The summed E-state index contributed by atoms with van der Waals surface area (Å²) in [4.78, 5) is 34.7. The van der Waals surface area contributed by atoms with E-state index in [0.29, 0.717) is 48.5 Å². The lowest BCUT2D eigenvalue weighted by atomic mass is 10.00. The molecule has 0 unspecified atom stereocenters. The van der Waals surface area contributed by atoms with Crippen molar-refractivity contribution in [2.75, 3.05) is 13.2 Å². The lowest BCUT2D eigenvalue weighted by Gasteiger charge is -2.09. The van der Waals surface area contributed by atoms with Crippen LogP contribution in [-0.2, 0) is 31.9 Å². The van der Waals surface area contributed by atoms with Gasteiger partial charge in [0.1, 0.15) is 11.6 Å². The Labute approximate surface area is 234 Å². The zero-order valence-electron chi connectivity index (χ0n) is 22.4. The third-order valence-corrected chi connectivity index (χ3v) is 6.14. The number of carbonyl (C=O) groups is 3. The van der Waals surface area contributed by atoms with Crippen molar-refractivity contribution in [1.29, 1.82) is 0 Å². The van der Waals surface area contributed by atoms with Crippen LogP contribution in [0.3, 0.4) is 0 Å². The van der Waals surface area contributed by atoms with Gasteiger partial charge in [-0.25, -0.2) is 18.8 Å². The van der Waals surface area contributed by atoms with Crippen molar-refractivity contribution in [2.24, 2.45) is 0 Å². The van der Waals surface area contributed by atoms with Crippen LogP contribution in [0, 0.1) is 5.82 Å². The number of ether oxygens (including phenoxy) is 3. The summed E-state index contributed by atoms with van der Waals surface area (Å²) in [7, 11) is 0. The van der Waals surface area contributed by atoms with Crippen LogP contribution in [0.15, 0.2) is 92.0 Å². The predicted octanol–water partition coefficient (Wildman–Crippen LogP) is 6.82. The Morgan fingerprint density at radius 2 is 1.25 bits per heavy atom. The Morgan fingerprint density at radius 1 is 0.700 bits per heavy atom. The number of carbonyl (C=O) groups excluding carboxylic acids is 3. The smallest absolute Gasteiger partial charge is 0.343 e. The van der Waals surface area contributed by atoms with Crippen LogP contribution in [0.4, 0.5) is 4.39 Å². The molecule has 0 radical (unpaired) electrons. The minimum absolute atomic E-state index is 0.309. The van der Waals surface area contributed by atoms with Gasteiger partial charge in [0.25, 0.3) is 0 Å². The number of esters is 3. The average molecular weight is 545 g/mol. The highest BCUT2D eigenvalue weighted by Crippen LogP contribution is 2.25. The molecule has 0 saturated carbocycles. The third kappa shape index (κ3) is 9.66. The van der Waals surface area contributed by atoms with E-state index in [1.165, 1.54) is 6.07 Å². The molecule has 0 saturated heterocycles. The molecule has 0 aliphatic rings. The first-order valence-corrected chi connectivity index (χ1v) is 13.2. The Kier molecular flexibility index (Phi) is 11.9. The molecule has 3 rings (SSSR count). The SMILES string of the molecule is C=CC(=O)OCCCCc1ccc(OC(=O)c2ccc(-c3ccc(CCCCOC(=O)C=C)cc3F)cc2)cc1. The molecular formula is C33H33FO6. The Bertz CT molecular complexity index is 1310. The predicted molar refractivity (Wildman–Crippen MR) is 151 cm³/mol. The highest BCUT2D eigenvalue weighted by atomic mass is 19.1. The van der Waals surface area contributed by atoms with Crippen molar-refractivity contribution in [3.63, 3.8) is 0 Å². The number of halogens is 1. The van der Waals surface area contributed by atoms with Gasteiger partial charge in [-0.1, -0.05) is 49.6 Å². The Balaban J connectivity index is 1.47. The molecule has 3 aromatic carbocycles. The van der Waals surface area contributed by atoms with E-state index < -0.39 is 17.9 Å². The lowest BCUT2D eigenvalue weighted by molar-refractivity contribution is -0.138. The molecule has 40 heavy (non-hydrogen) atoms. The summed E-state index contributed by atoms with van der Waals surface area (Å²) in [6.07, 6.45) is 6.80. The number of rotatable bonds is 15. The van der Waals surface area contributed by atoms with E-state index in [1.54, 1.807) is 42.5 Å². The van der Waals surface area contributed by atoms with E-state index in [4.69, 9.17) is 14.2 Å². The Hall–Kier alpha value is -4.52. The molecule has 0 spiro atoms. The van der Waals surface area contributed by atoms with Gasteiger partial charge in [0.05, 0.1) is 18.8 Å². The largest absolute Gasteiger partial charge is 0.463 e. The fourth-order valence-corrected chi connectivity index (χ4v) is 3.95. The van der Waals surface area contributed by atoms with E-state index in [2.05, 4.69) is 13.2 Å². The van der Waals surface area contributed by atoms with Crippen LogP contribution in [0.2, 0.25) is 0 Å². The van der Waals surface area contributed by atoms with Crippen molar-refractivity contribution in [1.82, 2.24) is 0 Å². The van der Waals surface area contributed by atoms with E-state index in [1.807, 2.05) is 18.2 Å². The van der Waals surface area contributed by atoms with E-state index >= 15 is 0 Å². The van der Waals surface area contributed by atoms with Gasteiger partial charge in [0.15, 0.2) is 0 Å². The molecule has 0 amide bonds. The van der Waals surface area contributed by atoms with Gasteiger partial charge >= 0.3 is 17.9 Å². The number of hydrogen-bond donors (Lipinski definition) is 0. The van der Waals surface area contributed by atoms with Crippen molar-refractivity contribution in [3.8, 4) is 16.9 Å². The summed E-state index contributed by atoms with van der Waals surface area (Å²) >= 11 is 0. The second kappa shape index (κ2) is 15.8. The molecule has 6 nitrogen and oxygen atoms in total. The van der Waals surface area contributed by atoms with Gasteiger partial charge in [0, 0.05) is 17.7 Å². The van der Waals surface area contributed by atoms with Crippen LogP contribution >= 0.6 is 0 Å². The zero-order valence-corrected chi connectivity index (χ0v) is 22.4. The first-order chi connectivity index (χ1) is 19.4. The number of unbranched alkanes of at least 4 members (excludes halogenated alkanes) is 2. The zero-order chi connectivity index (χ0) is 28.7. The van der Waals surface area contributed by atoms with E-state index in [-0.39, 0.29) is 5.82 Å². The first-order valence-electron chi connectivity index (χ1n) is 13.2. The van der Waals surface area contributed by atoms with Crippen LogP contribution in [0.5, 0.6) is 5.75 Å². The number of hydrogen-bond acceptors (Lipinski definition) is 6. The summed E-state index contributed by atoms with van der Waals surface area (Å²) in [5, 5.41) is 0. The van der Waals surface area contributed by atoms with Gasteiger partial charge in [-0.3, -0.25) is 0 Å². The monoisotopic (exact) mass is 544 g/mol. The standard InChI is InChI=1S/C33H33FO6/c1-3-31(35)38-21-7-5-9-24-11-18-28(19-12-24)40-33(37)27-16-14-26(15-17-27)29-20-13-25(23-30(29)34)10-6-8-22-39-32(36)4-2/h3-4,11-20,23H,1-2,5-10,21-22H2. The molecule has 0 aromatic heterocycles. The van der Waals surface area contributed by atoms with Gasteiger partial charge in [-0.05, 0) is 85.5 Å². The van der Waals surface area contributed by atoms with Crippen molar-refractivity contribution in [2.45, 2.75) is 38.5 Å². The molecule has 3 aromatic rings. The van der Waals surface area contributed by atoms with Crippen LogP contribution in [-0.4, -0.2) is 31.1 Å². The third-order valence-electron chi connectivity index (χ3n) is 6.14. The summed E-state index contributed by atoms with van der Waals surface area (Å²) in [5.74, 6) is -1.28. The van der Waals surface area contributed by atoms with Gasteiger partial charge < -0.3 is 14.2 Å². The molecule has 7 heteroatoms. The lowest BCUT2D eigenvalue weighted by Crippen LogP contribution is -2.08. The van der Waals surface area contributed by atoms with Crippen LogP contribution < -0.4 is 4.74 Å². The maximum atomic E-state index is 14.8. The molecule has 0 atom stereocenters. The molecule has 0 bridgehead atoms. The molecule has 0 heterocycles. The molecule has 208 valence electrons. The van der Waals surface area contributed by atoms with E-state index in [0.717, 1.165) is 49.0 Å². The number of aryl methyl sites for hydroxylation is 2. The second-order valence-corrected chi connectivity index (χ2v) is 9.08. The summed E-state index contributed by atoms with van der Waals surface area (Å²) in [6, 6.07) is 19.0. The molecule has 0 aliphatic carbocycles. The normalized spacial score (nSPS) is 10.4. The minimum atomic E-state index is -0.502. The van der Waals surface area contributed by atoms with Crippen molar-refractivity contribution < 1.29 is 33.0 Å². The fourth-order valence-electron chi connectivity index (χ4n) is 3.95. The van der Waals surface area contributed by atoms with Crippen molar-refractivity contribution >= 4 is 17.9 Å². The fraction of sp³-hybridized carbons (Fsp3) is 0.242. The van der Waals surface area contributed by atoms with Gasteiger partial charge in [-0.2, -0.15) is 0 Å². The number of benzene rings is 3. The summed E-state index contributed by atoms with van der Waals surface area (Å²) in [6.45, 7) is 7.37. The first kappa shape index (κ1) is 30.0. The highest BCUT2D eigenvalue weighted by molar-refractivity contribution is 5.91. The molecule has 0 fully saturated rings. The van der Waals surface area contributed by atoms with Crippen molar-refractivity contribution in [3.05, 3.63) is 115 Å². The maximum absolute atomic E-state index is 14.8. The second-order valence-electron chi connectivity index (χ2n) is 9.08. The molecule has 0 aliphatic heterocycles. The van der Waals surface area contributed by atoms with Crippen LogP contribution in [0.1, 0.15) is 47.2 Å². The van der Waals surface area contributed by atoms with Gasteiger partial charge in [0.2, 0.25) is 0 Å². The quantitative estimate of drug-likeness (QED) is 0.0905. The minimum Gasteiger partial charge on any atom is -0.463 e. The molecule has 0 N–H and O–H groups in total. The summed E-state index contributed by atoms with van der Waals surface area (Å²) in [5.41, 5.74) is 3.40. The van der Waals surface area contributed by atoms with Crippen LogP contribution in [0.25, 0.3) is 11.1 Å². The topological polar surface area (TPSA) is 78.9 Å². The summed E-state index contributed by atoms with van der Waals surface area (Å²) < 4.78 is 30.2. The average Bonchev–Trinajstić information content (AvgIpc) is 2.97. The Morgan fingerprint density at radius 3 is 1.80 bits per heavy atom.